The second kappa shape index (κ2) is 11.7. The molecule has 1 unspecified atom stereocenters. The number of hydrogen-bond donors (Lipinski definition) is 0. The summed E-state index contributed by atoms with van der Waals surface area (Å²) >= 11 is 7.52. The second-order valence-electron chi connectivity index (χ2n) is 9.67. The van der Waals surface area contributed by atoms with Crippen molar-refractivity contribution >= 4 is 57.2 Å². The lowest BCUT2D eigenvalue weighted by Gasteiger charge is -2.40. The van der Waals surface area contributed by atoms with E-state index in [1.807, 2.05) is 65.3 Å². The molecule has 0 spiro atoms. The predicted molar refractivity (Wildman–Crippen MR) is 151 cm³/mol. The minimum Gasteiger partial charge on any atom is -0.338 e. The average molecular weight is 551 g/mol. The number of thioether (sulfide) groups is 1. The summed E-state index contributed by atoms with van der Waals surface area (Å²) in [4.78, 5) is 34.1. The van der Waals surface area contributed by atoms with Crippen LogP contribution in [0.25, 0.3) is 22.1 Å². The summed E-state index contributed by atoms with van der Waals surface area (Å²) in [6, 6.07) is 15.8. The third-order valence-electron chi connectivity index (χ3n) is 6.95. The van der Waals surface area contributed by atoms with Gasteiger partial charge in [0.1, 0.15) is 5.52 Å². The Hall–Kier alpha value is -3.17. The molecule has 0 saturated carbocycles. The van der Waals surface area contributed by atoms with Crippen molar-refractivity contribution in [2.24, 2.45) is 0 Å². The fourth-order valence-corrected chi connectivity index (χ4v) is 5.87. The largest absolute Gasteiger partial charge is 0.338 e. The topological polar surface area (TPSA) is 84.2 Å². The molecular formula is C28H31ClN6O2S. The van der Waals surface area contributed by atoms with Crippen LogP contribution in [0.1, 0.15) is 38.7 Å². The summed E-state index contributed by atoms with van der Waals surface area (Å²) < 4.78 is 2.12. The fourth-order valence-electron chi connectivity index (χ4n) is 4.97. The number of carbonyl (C=O) groups is 2. The van der Waals surface area contributed by atoms with Gasteiger partial charge in [-0.25, -0.2) is 4.98 Å². The van der Waals surface area contributed by atoms with Gasteiger partial charge in [0.25, 0.3) is 0 Å². The first-order valence-corrected chi connectivity index (χ1v) is 14.4. The maximum Gasteiger partial charge on any atom is 0.233 e. The van der Waals surface area contributed by atoms with Crippen LogP contribution in [-0.2, 0) is 16.1 Å². The van der Waals surface area contributed by atoms with Crippen LogP contribution in [0.15, 0.2) is 53.7 Å². The van der Waals surface area contributed by atoms with E-state index in [0.29, 0.717) is 42.8 Å². The highest BCUT2D eigenvalue weighted by Crippen LogP contribution is 2.28. The molecule has 5 rings (SSSR count). The van der Waals surface area contributed by atoms with E-state index < -0.39 is 0 Å². The highest BCUT2D eigenvalue weighted by atomic mass is 35.5. The molecule has 0 radical (unpaired) electrons. The minimum atomic E-state index is 0.0125. The van der Waals surface area contributed by atoms with E-state index in [0.717, 1.165) is 40.5 Å². The Morgan fingerprint density at radius 1 is 1.08 bits per heavy atom. The third-order valence-corrected chi connectivity index (χ3v) is 8.01. The summed E-state index contributed by atoms with van der Waals surface area (Å²) in [6.07, 6.45) is 2.48. The zero-order valence-electron chi connectivity index (χ0n) is 21.6. The van der Waals surface area contributed by atoms with E-state index in [4.69, 9.17) is 16.6 Å². The van der Waals surface area contributed by atoms with Gasteiger partial charge in [0.05, 0.1) is 11.3 Å². The number of fused-ring (bicyclic) bond motifs is 3. The molecule has 2 aromatic heterocycles. The highest BCUT2D eigenvalue weighted by Gasteiger charge is 2.29. The predicted octanol–water partition coefficient (Wildman–Crippen LogP) is 5.02. The van der Waals surface area contributed by atoms with Crippen LogP contribution >= 0.6 is 23.4 Å². The van der Waals surface area contributed by atoms with Crippen LogP contribution in [0.5, 0.6) is 0 Å². The van der Waals surface area contributed by atoms with Crippen molar-refractivity contribution in [3.8, 4) is 0 Å². The summed E-state index contributed by atoms with van der Waals surface area (Å²) in [5, 5.41) is 11.0. The van der Waals surface area contributed by atoms with Crippen molar-refractivity contribution in [1.29, 1.82) is 0 Å². The molecule has 8 nitrogen and oxygen atoms in total. The Morgan fingerprint density at radius 3 is 2.71 bits per heavy atom. The Balaban J connectivity index is 1.30. The second-order valence-corrected chi connectivity index (χ2v) is 11.0. The van der Waals surface area contributed by atoms with Crippen molar-refractivity contribution in [1.82, 2.24) is 29.5 Å². The van der Waals surface area contributed by atoms with Crippen molar-refractivity contribution in [2.45, 2.75) is 50.9 Å². The number of para-hydroxylation sites is 1. The van der Waals surface area contributed by atoms with E-state index in [1.54, 1.807) is 0 Å². The zero-order valence-corrected chi connectivity index (χ0v) is 23.2. The fraction of sp³-hybridized carbons (Fsp3) is 0.393. The first-order valence-electron chi connectivity index (χ1n) is 13.0. The lowest BCUT2D eigenvalue weighted by molar-refractivity contribution is -0.141. The van der Waals surface area contributed by atoms with E-state index >= 15 is 0 Å². The van der Waals surface area contributed by atoms with Gasteiger partial charge in [-0.15, -0.1) is 10.2 Å². The molecule has 10 heteroatoms. The maximum absolute atomic E-state index is 13.0. The van der Waals surface area contributed by atoms with Gasteiger partial charge in [-0.3, -0.25) is 9.59 Å². The molecule has 1 fully saturated rings. The van der Waals surface area contributed by atoms with Crippen molar-refractivity contribution in [3.05, 3.63) is 59.1 Å². The van der Waals surface area contributed by atoms with E-state index in [-0.39, 0.29) is 23.6 Å². The van der Waals surface area contributed by atoms with Gasteiger partial charge in [-0.05, 0) is 37.1 Å². The van der Waals surface area contributed by atoms with Crippen LogP contribution in [0.3, 0.4) is 0 Å². The molecule has 1 saturated heterocycles. The Labute approximate surface area is 231 Å². The van der Waals surface area contributed by atoms with Gasteiger partial charge in [-0.2, -0.15) is 0 Å². The molecule has 3 heterocycles. The summed E-state index contributed by atoms with van der Waals surface area (Å²) in [5.74, 6) is 0.422. The standard InChI is InChI=1S/C28H31ClN6O2S/c1-3-4-12-24(36)34-14-13-33(16-19(34)2)25(37)18-38-28-30-27-26(31-32-28)22-10-5-6-11-23(22)35(27)17-20-8-7-9-21(29)15-20/h5-11,15,19H,3-4,12-14,16-18H2,1-2H3. The van der Waals surface area contributed by atoms with Crippen molar-refractivity contribution < 1.29 is 9.59 Å². The summed E-state index contributed by atoms with van der Waals surface area (Å²) in [5.41, 5.74) is 3.53. The Kier molecular flexibility index (Phi) is 8.14. The van der Waals surface area contributed by atoms with E-state index in [9.17, 15) is 9.59 Å². The molecule has 4 aromatic rings. The lowest BCUT2D eigenvalue weighted by Crippen LogP contribution is -2.55. The molecule has 0 bridgehead atoms. The number of benzene rings is 2. The van der Waals surface area contributed by atoms with Gasteiger partial charge in [0.15, 0.2) is 5.65 Å². The lowest BCUT2D eigenvalue weighted by atomic mass is 10.1. The number of aromatic nitrogens is 4. The molecule has 38 heavy (non-hydrogen) atoms. The van der Waals surface area contributed by atoms with E-state index in [2.05, 4.69) is 21.7 Å². The van der Waals surface area contributed by atoms with Crippen LogP contribution in [0, 0.1) is 0 Å². The molecule has 1 aliphatic rings. The van der Waals surface area contributed by atoms with Crippen LogP contribution < -0.4 is 0 Å². The van der Waals surface area contributed by atoms with Gasteiger partial charge in [0.2, 0.25) is 17.0 Å². The molecule has 2 aromatic carbocycles. The SMILES string of the molecule is CCCCC(=O)N1CCN(C(=O)CSc2nnc3c4ccccc4n(Cc4cccc(Cl)c4)c3n2)CC1C. The normalized spacial score (nSPS) is 15.9. The molecule has 0 N–H and O–H groups in total. The first-order chi connectivity index (χ1) is 18.4. The monoisotopic (exact) mass is 550 g/mol. The molecular weight excluding hydrogens is 520 g/mol. The molecule has 198 valence electrons. The van der Waals surface area contributed by atoms with E-state index in [1.165, 1.54) is 11.8 Å². The Bertz CT molecular complexity index is 1470. The summed E-state index contributed by atoms with van der Waals surface area (Å²) in [6.45, 7) is 6.35. The molecule has 2 amide bonds. The Morgan fingerprint density at radius 2 is 1.92 bits per heavy atom. The smallest absolute Gasteiger partial charge is 0.233 e. The number of unbranched alkanes of at least 4 members (excludes halogenated alkanes) is 1. The van der Waals surface area contributed by atoms with Crippen molar-refractivity contribution in [2.75, 3.05) is 25.4 Å². The molecule has 1 atom stereocenters. The average Bonchev–Trinajstić information content (AvgIpc) is 3.23. The minimum absolute atomic E-state index is 0.0125. The highest BCUT2D eigenvalue weighted by molar-refractivity contribution is 7.99. The first kappa shape index (κ1) is 26.4. The number of rotatable bonds is 8. The van der Waals surface area contributed by atoms with Gasteiger partial charge in [0, 0.05) is 49.1 Å². The van der Waals surface area contributed by atoms with Crippen LogP contribution in [0.4, 0.5) is 0 Å². The van der Waals surface area contributed by atoms with Gasteiger partial charge >= 0.3 is 0 Å². The zero-order chi connectivity index (χ0) is 26.6. The van der Waals surface area contributed by atoms with Crippen LogP contribution in [-0.4, -0.2) is 72.8 Å². The molecule has 1 aliphatic heterocycles. The number of halogens is 1. The van der Waals surface area contributed by atoms with Gasteiger partial charge < -0.3 is 14.4 Å². The number of nitrogens with zero attached hydrogens (tertiary/aromatic N) is 6. The molecule has 0 aliphatic carbocycles. The number of carbonyl (C=O) groups excluding carboxylic acids is 2. The maximum atomic E-state index is 13.0. The summed E-state index contributed by atoms with van der Waals surface area (Å²) in [7, 11) is 0. The number of hydrogen-bond acceptors (Lipinski definition) is 6. The van der Waals surface area contributed by atoms with Gasteiger partial charge in [-0.1, -0.05) is 67.0 Å². The quantitative estimate of drug-likeness (QED) is 0.286. The van der Waals surface area contributed by atoms with Crippen molar-refractivity contribution in [3.63, 3.8) is 0 Å². The van der Waals surface area contributed by atoms with Crippen LogP contribution in [0.2, 0.25) is 5.02 Å². The number of piperazine rings is 1. The number of amides is 2. The third kappa shape index (κ3) is 5.63.